The zero-order valence-electron chi connectivity index (χ0n) is 21.0. The lowest BCUT2D eigenvalue weighted by atomic mass is 10.2. The van der Waals surface area contributed by atoms with E-state index in [0.717, 1.165) is 38.3 Å². The molecule has 0 unspecified atom stereocenters. The highest BCUT2D eigenvalue weighted by atomic mass is 32.2. The van der Waals surface area contributed by atoms with Crippen molar-refractivity contribution in [3.05, 3.63) is 89.1 Å². The first-order chi connectivity index (χ1) is 18.4. The Bertz CT molecular complexity index is 1320. The number of thiocarbonyl (C=S) groups is 1. The van der Waals surface area contributed by atoms with Crippen molar-refractivity contribution < 1.29 is 18.7 Å². The van der Waals surface area contributed by atoms with E-state index in [1.54, 1.807) is 29.2 Å². The van der Waals surface area contributed by atoms with Gasteiger partial charge in [-0.05, 0) is 67.2 Å². The van der Waals surface area contributed by atoms with Crippen molar-refractivity contribution in [2.75, 3.05) is 51.3 Å². The largest absolute Gasteiger partial charge is 0.492 e. The molecule has 2 aliphatic heterocycles. The van der Waals surface area contributed by atoms with E-state index in [4.69, 9.17) is 21.7 Å². The SMILES string of the molecule is CN1CCN(CCOc2cccc(N3C(=O)C(=Cc4ccc(Oc5ccc(F)cc5)cc4)SC3=S)c2)CC1. The minimum Gasteiger partial charge on any atom is -0.492 e. The Morgan fingerprint density at radius 1 is 0.947 bits per heavy atom. The third-order valence-electron chi connectivity index (χ3n) is 6.37. The van der Waals surface area contributed by atoms with Crippen LogP contribution in [-0.2, 0) is 4.79 Å². The second kappa shape index (κ2) is 12.1. The van der Waals surface area contributed by atoms with E-state index in [1.165, 1.54) is 23.9 Å². The van der Waals surface area contributed by atoms with Gasteiger partial charge in [-0.25, -0.2) is 4.39 Å². The van der Waals surface area contributed by atoms with Crippen molar-refractivity contribution in [1.82, 2.24) is 9.80 Å². The number of halogens is 1. The molecule has 3 aromatic carbocycles. The molecule has 0 N–H and O–H groups in total. The zero-order valence-corrected chi connectivity index (χ0v) is 22.6. The number of likely N-dealkylation sites (N-methyl/N-ethyl adjacent to an activating group) is 1. The van der Waals surface area contributed by atoms with Crippen LogP contribution in [0, 0.1) is 5.82 Å². The van der Waals surface area contributed by atoms with Crippen molar-refractivity contribution in [2.24, 2.45) is 0 Å². The van der Waals surface area contributed by atoms with E-state index in [-0.39, 0.29) is 11.7 Å². The summed E-state index contributed by atoms with van der Waals surface area (Å²) in [5.74, 6) is 1.40. The van der Waals surface area contributed by atoms with E-state index >= 15 is 0 Å². The van der Waals surface area contributed by atoms with E-state index < -0.39 is 0 Å². The van der Waals surface area contributed by atoms with E-state index in [1.807, 2.05) is 42.5 Å². The fourth-order valence-corrected chi connectivity index (χ4v) is 5.49. The molecule has 0 radical (unpaired) electrons. The standard InChI is InChI=1S/C29H28FN3O3S2/c1-31-13-15-32(16-14-31)17-18-35-26-4-2-3-23(20-26)33-28(34)27(38-29(33)37)19-21-5-9-24(10-6-21)36-25-11-7-22(30)8-12-25/h2-12,19-20H,13-18H2,1H3. The molecule has 2 aliphatic rings. The smallest absolute Gasteiger partial charge is 0.270 e. The molecule has 3 aromatic rings. The van der Waals surface area contributed by atoms with Gasteiger partial charge in [-0.2, -0.15) is 0 Å². The van der Waals surface area contributed by atoms with Crippen molar-refractivity contribution in [3.63, 3.8) is 0 Å². The fourth-order valence-electron chi connectivity index (χ4n) is 4.19. The number of ether oxygens (including phenoxy) is 2. The highest BCUT2D eigenvalue weighted by Crippen LogP contribution is 2.37. The topological polar surface area (TPSA) is 45.2 Å². The maximum atomic E-state index is 13.3. The number of piperazine rings is 1. The second-order valence-electron chi connectivity index (χ2n) is 9.13. The number of hydrogen-bond acceptors (Lipinski definition) is 7. The molecule has 5 rings (SSSR count). The Morgan fingerprint density at radius 2 is 1.63 bits per heavy atom. The van der Waals surface area contributed by atoms with Crippen LogP contribution in [0.4, 0.5) is 10.1 Å². The van der Waals surface area contributed by atoms with Crippen LogP contribution < -0.4 is 14.4 Å². The van der Waals surface area contributed by atoms with Crippen LogP contribution in [0.25, 0.3) is 6.08 Å². The Balaban J connectivity index is 1.20. The monoisotopic (exact) mass is 549 g/mol. The Kier molecular flexibility index (Phi) is 8.38. The van der Waals surface area contributed by atoms with Crippen LogP contribution >= 0.6 is 24.0 Å². The van der Waals surface area contributed by atoms with Crippen LogP contribution in [-0.4, -0.2) is 66.4 Å². The number of amides is 1. The molecule has 38 heavy (non-hydrogen) atoms. The average molecular weight is 550 g/mol. The molecule has 0 saturated carbocycles. The number of carbonyl (C=O) groups is 1. The predicted octanol–water partition coefficient (Wildman–Crippen LogP) is 5.65. The lowest BCUT2D eigenvalue weighted by Gasteiger charge is -2.32. The summed E-state index contributed by atoms with van der Waals surface area (Å²) in [5.41, 5.74) is 1.54. The summed E-state index contributed by atoms with van der Waals surface area (Å²) in [7, 11) is 2.14. The first-order valence-electron chi connectivity index (χ1n) is 12.4. The number of benzene rings is 3. The molecular weight excluding hydrogens is 521 g/mol. The van der Waals surface area contributed by atoms with Gasteiger partial charge < -0.3 is 14.4 Å². The molecule has 6 nitrogen and oxygen atoms in total. The van der Waals surface area contributed by atoms with E-state index in [2.05, 4.69) is 16.8 Å². The van der Waals surface area contributed by atoms with Crippen LogP contribution in [0.2, 0.25) is 0 Å². The number of thioether (sulfide) groups is 1. The molecule has 1 amide bonds. The summed E-state index contributed by atoms with van der Waals surface area (Å²) in [5, 5.41) is 0. The Morgan fingerprint density at radius 3 is 2.34 bits per heavy atom. The third-order valence-corrected chi connectivity index (χ3v) is 7.67. The fraction of sp³-hybridized carbons (Fsp3) is 0.241. The van der Waals surface area contributed by atoms with Crippen LogP contribution in [0.15, 0.2) is 77.7 Å². The predicted molar refractivity (Wildman–Crippen MR) is 154 cm³/mol. The number of anilines is 1. The van der Waals surface area contributed by atoms with Gasteiger partial charge in [-0.3, -0.25) is 14.6 Å². The maximum absolute atomic E-state index is 13.3. The van der Waals surface area contributed by atoms with Crippen LogP contribution in [0.1, 0.15) is 5.56 Å². The highest BCUT2D eigenvalue weighted by Gasteiger charge is 2.33. The summed E-state index contributed by atoms with van der Waals surface area (Å²) in [4.78, 5) is 20.1. The molecular formula is C29H28FN3O3S2. The van der Waals surface area contributed by atoms with Crippen molar-refractivity contribution in [3.8, 4) is 17.2 Å². The molecule has 0 aliphatic carbocycles. The summed E-state index contributed by atoms with van der Waals surface area (Å²) in [6, 6.07) is 20.7. The normalized spacial score (nSPS) is 17.8. The van der Waals surface area contributed by atoms with Gasteiger partial charge in [-0.1, -0.05) is 42.2 Å². The van der Waals surface area contributed by atoms with Gasteiger partial charge in [0.25, 0.3) is 5.91 Å². The second-order valence-corrected chi connectivity index (χ2v) is 10.8. The number of nitrogens with zero attached hydrogens (tertiary/aromatic N) is 3. The lowest BCUT2D eigenvalue weighted by molar-refractivity contribution is -0.113. The summed E-state index contributed by atoms with van der Waals surface area (Å²) in [6.45, 7) is 5.71. The Hall–Kier alpha value is -3.24. The molecule has 2 fully saturated rings. The summed E-state index contributed by atoms with van der Waals surface area (Å²) < 4.78 is 25.3. The number of rotatable bonds is 8. The van der Waals surface area contributed by atoms with Crippen molar-refractivity contribution in [2.45, 2.75) is 0 Å². The van der Waals surface area contributed by atoms with Crippen LogP contribution in [0.3, 0.4) is 0 Å². The first-order valence-corrected chi connectivity index (χ1v) is 13.6. The van der Waals surface area contributed by atoms with Gasteiger partial charge in [0.05, 0.1) is 10.6 Å². The Labute approximate surface area is 231 Å². The molecule has 9 heteroatoms. The molecule has 2 heterocycles. The van der Waals surface area contributed by atoms with Gasteiger partial charge in [-0.15, -0.1) is 0 Å². The molecule has 0 aromatic heterocycles. The molecule has 0 bridgehead atoms. The highest BCUT2D eigenvalue weighted by molar-refractivity contribution is 8.27. The van der Waals surface area contributed by atoms with Crippen molar-refractivity contribution in [1.29, 1.82) is 0 Å². The molecule has 2 saturated heterocycles. The quantitative estimate of drug-likeness (QED) is 0.266. The van der Waals surface area contributed by atoms with Crippen LogP contribution in [0.5, 0.6) is 17.2 Å². The molecule has 196 valence electrons. The zero-order chi connectivity index (χ0) is 26.5. The van der Waals surface area contributed by atoms with Crippen molar-refractivity contribution >= 4 is 46.0 Å². The minimum atomic E-state index is -0.314. The van der Waals surface area contributed by atoms with Gasteiger partial charge in [0.15, 0.2) is 4.32 Å². The van der Waals surface area contributed by atoms with E-state index in [9.17, 15) is 9.18 Å². The van der Waals surface area contributed by atoms with Gasteiger partial charge in [0, 0.05) is 38.8 Å². The summed E-state index contributed by atoms with van der Waals surface area (Å²) in [6.07, 6.45) is 1.82. The lowest BCUT2D eigenvalue weighted by Crippen LogP contribution is -2.45. The maximum Gasteiger partial charge on any atom is 0.270 e. The van der Waals surface area contributed by atoms with Gasteiger partial charge >= 0.3 is 0 Å². The summed E-state index contributed by atoms with van der Waals surface area (Å²) >= 11 is 6.82. The molecule has 0 spiro atoms. The minimum absolute atomic E-state index is 0.166. The first kappa shape index (κ1) is 26.4. The number of carbonyl (C=O) groups excluding carboxylic acids is 1. The van der Waals surface area contributed by atoms with Gasteiger partial charge in [0.1, 0.15) is 29.7 Å². The average Bonchev–Trinajstić information content (AvgIpc) is 3.20. The molecule has 0 atom stereocenters. The van der Waals surface area contributed by atoms with Gasteiger partial charge in [0.2, 0.25) is 0 Å². The number of hydrogen-bond donors (Lipinski definition) is 0. The third kappa shape index (κ3) is 6.60. The van der Waals surface area contributed by atoms with E-state index in [0.29, 0.717) is 38.8 Å².